The minimum atomic E-state index is -0.511. The van der Waals surface area contributed by atoms with E-state index in [1.54, 1.807) is 42.5 Å². The fourth-order valence-corrected chi connectivity index (χ4v) is 3.14. The van der Waals surface area contributed by atoms with Crippen LogP contribution in [0, 0.1) is 0 Å². The summed E-state index contributed by atoms with van der Waals surface area (Å²) in [6, 6.07) is 22.8. The van der Waals surface area contributed by atoms with Crippen molar-refractivity contribution in [2.24, 2.45) is 0 Å². The molecular formula is C24H21N7O3. The van der Waals surface area contributed by atoms with Gasteiger partial charge < -0.3 is 5.32 Å². The van der Waals surface area contributed by atoms with Crippen LogP contribution < -0.4 is 16.2 Å². The molecule has 0 saturated carbocycles. The van der Waals surface area contributed by atoms with E-state index in [-0.39, 0.29) is 11.5 Å². The Bertz CT molecular complexity index is 1320. The van der Waals surface area contributed by atoms with E-state index in [1.807, 2.05) is 30.3 Å². The lowest BCUT2D eigenvalue weighted by Gasteiger charge is -2.09. The molecule has 0 aliphatic carbocycles. The molecule has 0 aliphatic heterocycles. The fraction of sp³-hybridized carbons (Fsp3) is 0.0833. The monoisotopic (exact) mass is 455 g/mol. The molecule has 3 amide bonds. The van der Waals surface area contributed by atoms with Crippen LogP contribution >= 0.6 is 0 Å². The summed E-state index contributed by atoms with van der Waals surface area (Å²) in [6.45, 7) is 1.77. The third-order valence-corrected chi connectivity index (χ3v) is 4.76. The molecule has 170 valence electrons. The number of amides is 3. The molecule has 4 rings (SSSR count). The smallest absolute Gasteiger partial charge is 0.269 e. The van der Waals surface area contributed by atoms with Crippen LogP contribution in [0.3, 0.4) is 0 Å². The average Bonchev–Trinajstić information content (AvgIpc) is 3.31. The van der Waals surface area contributed by atoms with Gasteiger partial charge in [-0.1, -0.05) is 48.5 Å². The van der Waals surface area contributed by atoms with E-state index in [1.165, 1.54) is 17.8 Å². The van der Waals surface area contributed by atoms with E-state index in [9.17, 15) is 14.4 Å². The first-order valence-corrected chi connectivity index (χ1v) is 10.4. The first-order chi connectivity index (χ1) is 16.5. The average molecular weight is 455 g/mol. The lowest BCUT2D eigenvalue weighted by atomic mass is 10.1. The highest BCUT2D eigenvalue weighted by Gasteiger charge is 2.11. The summed E-state index contributed by atoms with van der Waals surface area (Å²) in [7, 11) is 0. The molecule has 0 saturated heterocycles. The van der Waals surface area contributed by atoms with Crippen molar-refractivity contribution in [3.8, 4) is 11.4 Å². The summed E-state index contributed by atoms with van der Waals surface area (Å²) < 4.78 is 0. The Labute approximate surface area is 195 Å². The van der Waals surface area contributed by atoms with Crippen molar-refractivity contribution < 1.29 is 14.4 Å². The van der Waals surface area contributed by atoms with Crippen LogP contribution in [0.25, 0.3) is 11.4 Å². The van der Waals surface area contributed by atoms with Crippen molar-refractivity contribution in [2.75, 3.05) is 5.32 Å². The van der Waals surface area contributed by atoms with E-state index in [2.05, 4.69) is 31.6 Å². The van der Waals surface area contributed by atoms with Gasteiger partial charge in [-0.2, -0.15) is 4.80 Å². The summed E-state index contributed by atoms with van der Waals surface area (Å²) in [5, 5.41) is 15.1. The molecule has 0 aliphatic rings. The summed E-state index contributed by atoms with van der Waals surface area (Å²) in [6.07, 6.45) is 0. The molecule has 0 bridgehead atoms. The highest BCUT2D eigenvalue weighted by Crippen LogP contribution is 2.13. The van der Waals surface area contributed by atoms with Crippen molar-refractivity contribution in [3.05, 3.63) is 95.6 Å². The molecule has 10 heteroatoms. The summed E-state index contributed by atoms with van der Waals surface area (Å²) in [4.78, 5) is 37.4. The number of tetrazole rings is 1. The van der Waals surface area contributed by atoms with E-state index in [0.29, 0.717) is 23.6 Å². The Morgan fingerprint density at radius 1 is 0.824 bits per heavy atom. The second kappa shape index (κ2) is 10.2. The van der Waals surface area contributed by atoms with Crippen molar-refractivity contribution in [1.29, 1.82) is 0 Å². The molecule has 1 heterocycles. The third-order valence-electron chi connectivity index (χ3n) is 4.76. The van der Waals surface area contributed by atoms with Gasteiger partial charge in [0.15, 0.2) is 0 Å². The van der Waals surface area contributed by atoms with Crippen molar-refractivity contribution >= 4 is 23.4 Å². The maximum Gasteiger partial charge on any atom is 0.269 e. The first-order valence-electron chi connectivity index (χ1n) is 10.4. The Balaban J connectivity index is 1.32. The molecule has 1 aromatic heterocycles. The number of nitrogens with one attached hydrogen (secondary N) is 3. The van der Waals surface area contributed by atoms with Gasteiger partial charge in [-0.25, -0.2) is 0 Å². The Hall–Kier alpha value is -4.86. The molecule has 0 radical (unpaired) electrons. The normalized spacial score (nSPS) is 10.4. The molecule has 3 aromatic carbocycles. The van der Waals surface area contributed by atoms with Gasteiger partial charge in [-0.3, -0.25) is 25.2 Å². The van der Waals surface area contributed by atoms with Gasteiger partial charge in [-0.05, 0) is 41.1 Å². The van der Waals surface area contributed by atoms with E-state index < -0.39 is 11.8 Å². The quantitative estimate of drug-likeness (QED) is 0.383. The third kappa shape index (κ3) is 5.68. The standard InChI is InChI=1S/C24H21N7O3/c1-16(32)25-21-9-5-8-20(14-21)24(34)28-27-23(33)19-12-10-17(11-13-19)15-31-29-22(26-30-31)18-6-3-2-4-7-18/h2-14H,15H2,1H3,(H,25,32)(H,27,33)(H,28,34). The summed E-state index contributed by atoms with van der Waals surface area (Å²) >= 11 is 0. The van der Waals surface area contributed by atoms with Crippen LogP contribution in [0.2, 0.25) is 0 Å². The zero-order chi connectivity index (χ0) is 23.9. The van der Waals surface area contributed by atoms with E-state index in [0.717, 1.165) is 11.1 Å². The summed E-state index contributed by atoms with van der Waals surface area (Å²) in [5.74, 6) is -0.688. The van der Waals surface area contributed by atoms with Crippen molar-refractivity contribution in [3.63, 3.8) is 0 Å². The van der Waals surface area contributed by atoms with Crippen LogP contribution in [0.5, 0.6) is 0 Å². The molecule has 4 aromatic rings. The molecule has 34 heavy (non-hydrogen) atoms. The van der Waals surface area contributed by atoms with Crippen LogP contribution in [0.4, 0.5) is 5.69 Å². The van der Waals surface area contributed by atoms with E-state index in [4.69, 9.17) is 0 Å². The van der Waals surface area contributed by atoms with Crippen molar-refractivity contribution in [2.45, 2.75) is 13.5 Å². The van der Waals surface area contributed by atoms with Gasteiger partial charge >= 0.3 is 0 Å². The second-order valence-electron chi connectivity index (χ2n) is 7.38. The minimum absolute atomic E-state index is 0.245. The molecule has 0 fully saturated rings. The van der Waals surface area contributed by atoms with E-state index >= 15 is 0 Å². The fourth-order valence-electron chi connectivity index (χ4n) is 3.14. The topological polar surface area (TPSA) is 131 Å². The number of carbonyl (C=O) groups excluding carboxylic acids is 3. The van der Waals surface area contributed by atoms with Gasteiger partial charge in [0.05, 0.1) is 6.54 Å². The van der Waals surface area contributed by atoms with Gasteiger partial charge in [0.2, 0.25) is 11.7 Å². The molecule has 0 unspecified atom stereocenters. The number of carbonyl (C=O) groups is 3. The van der Waals surface area contributed by atoms with Gasteiger partial charge in [0.25, 0.3) is 11.8 Å². The number of rotatable bonds is 6. The highest BCUT2D eigenvalue weighted by atomic mass is 16.2. The Kier molecular flexibility index (Phi) is 6.68. The highest BCUT2D eigenvalue weighted by molar-refractivity contribution is 6.00. The van der Waals surface area contributed by atoms with Crippen LogP contribution in [-0.2, 0) is 11.3 Å². The predicted molar refractivity (Wildman–Crippen MR) is 124 cm³/mol. The molecule has 3 N–H and O–H groups in total. The van der Waals surface area contributed by atoms with Gasteiger partial charge in [-0.15, -0.1) is 10.2 Å². The van der Waals surface area contributed by atoms with Gasteiger partial charge in [0.1, 0.15) is 0 Å². The van der Waals surface area contributed by atoms with Crippen LogP contribution in [-0.4, -0.2) is 37.9 Å². The van der Waals surface area contributed by atoms with Crippen LogP contribution in [0.15, 0.2) is 78.9 Å². The second-order valence-corrected chi connectivity index (χ2v) is 7.38. The Morgan fingerprint density at radius 3 is 2.24 bits per heavy atom. The van der Waals surface area contributed by atoms with Gasteiger partial charge in [0, 0.05) is 29.3 Å². The number of hydrogen-bond acceptors (Lipinski definition) is 6. The number of aromatic nitrogens is 4. The number of nitrogens with zero attached hydrogens (tertiary/aromatic N) is 4. The lowest BCUT2D eigenvalue weighted by molar-refractivity contribution is -0.114. The molecule has 10 nitrogen and oxygen atoms in total. The number of benzene rings is 3. The maximum absolute atomic E-state index is 12.4. The largest absolute Gasteiger partial charge is 0.326 e. The predicted octanol–water partition coefficient (Wildman–Crippen LogP) is 2.42. The molecule has 0 atom stereocenters. The lowest BCUT2D eigenvalue weighted by Crippen LogP contribution is -2.41. The van der Waals surface area contributed by atoms with Crippen molar-refractivity contribution in [1.82, 2.24) is 31.1 Å². The number of hydrogen-bond donors (Lipinski definition) is 3. The zero-order valence-electron chi connectivity index (χ0n) is 18.2. The first kappa shape index (κ1) is 22.3. The SMILES string of the molecule is CC(=O)Nc1cccc(C(=O)NNC(=O)c2ccc(Cn3nnc(-c4ccccc4)n3)cc2)c1. The Morgan fingerprint density at radius 2 is 1.53 bits per heavy atom. The zero-order valence-corrected chi connectivity index (χ0v) is 18.2. The van der Waals surface area contributed by atoms with Crippen LogP contribution in [0.1, 0.15) is 33.2 Å². The molecular weight excluding hydrogens is 434 g/mol. The number of hydrazine groups is 1. The minimum Gasteiger partial charge on any atom is -0.326 e. The number of anilines is 1. The summed E-state index contributed by atoms with van der Waals surface area (Å²) in [5.41, 5.74) is 7.65. The maximum atomic E-state index is 12.4. The molecule has 0 spiro atoms.